The maximum Gasteiger partial charge on any atom is 0.275 e. The number of nitro benzene ring substituents is 1. The lowest BCUT2D eigenvalue weighted by Crippen LogP contribution is -2.32. The van der Waals surface area contributed by atoms with Crippen LogP contribution < -0.4 is 20.1 Å². The number of nitrogens with zero attached hydrogens (tertiary/aromatic N) is 5. The number of carbonyl (C=O) groups is 1. The summed E-state index contributed by atoms with van der Waals surface area (Å²) < 4.78 is 12.2. The molecule has 0 spiro atoms. The molecule has 1 aliphatic rings. The van der Waals surface area contributed by atoms with Gasteiger partial charge in [0.25, 0.3) is 11.6 Å². The molecule has 4 aromatic rings. The molecule has 1 atom stereocenters. The molecule has 0 radical (unpaired) electrons. The van der Waals surface area contributed by atoms with E-state index >= 15 is 0 Å². The normalized spacial score (nSPS) is 14.3. The van der Waals surface area contributed by atoms with Crippen LogP contribution in [0.4, 0.5) is 17.3 Å². The number of benzene rings is 2. The van der Waals surface area contributed by atoms with Crippen LogP contribution in [0, 0.1) is 10.1 Å². The van der Waals surface area contributed by atoms with Gasteiger partial charge in [-0.1, -0.05) is 12.1 Å². The number of ether oxygens (including phenoxy) is 2. The molecule has 5 rings (SSSR count). The molecule has 192 valence electrons. The summed E-state index contributed by atoms with van der Waals surface area (Å²) in [6.07, 6.45) is 3.11. The maximum absolute atomic E-state index is 13.6. The highest BCUT2D eigenvalue weighted by atomic mass is 16.6. The van der Waals surface area contributed by atoms with Gasteiger partial charge in [0.1, 0.15) is 6.04 Å². The Labute approximate surface area is 217 Å². The number of pyridine rings is 1. The van der Waals surface area contributed by atoms with E-state index in [0.29, 0.717) is 45.8 Å². The quantitative estimate of drug-likeness (QED) is 0.274. The van der Waals surface area contributed by atoms with Crippen molar-refractivity contribution in [3.8, 4) is 22.9 Å². The van der Waals surface area contributed by atoms with Crippen LogP contribution in [0.2, 0.25) is 0 Å². The van der Waals surface area contributed by atoms with Crippen LogP contribution in [0.15, 0.2) is 78.3 Å². The zero-order chi connectivity index (χ0) is 26.8. The smallest absolute Gasteiger partial charge is 0.275 e. The lowest BCUT2D eigenvalue weighted by Gasteiger charge is -2.28. The number of fused-ring (bicyclic) bond motifs is 1. The van der Waals surface area contributed by atoms with E-state index < -0.39 is 16.9 Å². The second kappa shape index (κ2) is 10.0. The maximum atomic E-state index is 13.6. The third-order valence-electron chi connectivity index (χ3n) is 6.09. The van der Waals surface area contributed by atoms with Crippen LogP contribution in [0.1, 0.15) is 18.5 Å². The second-order valence-electron chi connectivity index (χ2n) is 8.35. The van der Waals surface area contributed by atoms with Crippen molar-refractivity contribution in [3.63, 3.8) is 0 Å². The predicted octanol–water partition coefficient (Wildman–Crippen LogP) is 4.19. The first-order valence-electron chi connectivity index (χ1n) is 11.5. The highest BCUT2D eigenvalue weighted by molar-refractivity contribution is 6.06. The average Bonchev–Trinajstić information content (AvgIpc) is 3.36. The number of nitro groups is 1. The second-order valence-corrected chi connectivity index (χ2v) is 8.35. The molecule has 0 aliphatic carbocycles. The molecule has 0 saturated heterocycles. The zero-order valence-corrected chi connectivity index (χ0v) is 20.7. The molecule has 2 aromatic heterocycles. The predicted molar refractivity (Wildman–Crippen MR) is 139 cm³/mol. The summed E-state index contributed by atoms with van der Waals surface area (Å²) in [7, 11) is 3.07. The number of para-hydroxylation sites is 1. The molecule has 0 bridgehead atoms. The number of nitrogens with one attached hydrogen (secondary N) is 2. The first-order chi connectivity index (χ1) is 18.4. The molecule has 3 heterocycles. The molecule has 0 fully saturated rings. The average molecular weight is 514 g/mol. The summed E-state index contributed by atoms with van der Waals surface area (Å²) in [6, 6.07) is 14.0. The first-order valence-corrected chi connectivity index (χ1v) is 11.5. The third kappa shape index (κ3) is 4.39. The summed E-state index contributed by atoms with van der Waals surface area (Å²) in [5.41, 5.74) is 1.99. The minimum atomic E-state index is -0.939. The van der Waals surface area contributed by atoms with Crippen molar-refractivity contribution < 1.29 is 19.2 Å². The van der Waals surface area contributed by atoms with E-state index in [4.69, 9.17) is 9.47 Å². The van der Waals surface area contributed by atoms with Gasteiger partial charge in [-0.05, 0) is 43.3 Å². The number of methoxy groups -OCH3 is 2. The van der Waals surface area contributed by atoms with E-state index in [9.17, 15) is 14.9 Å². The molecular weight excluding hydrogens is 490 g/mol. The molecule has 12 nitrogen and oxygen atoms in total. The first kappa shape index (κ1) is 24.4. The van der Waals surface area contributed by atoms with Gasteiger partial charge in [-0.25, -0.2) is 4.68 Å². The van der Waals surface area contributed by atoms with Crippen LogP contribution >= 0.6 is 0 Å². The summed E-state index contributed by atoms with van der Waals surface area (Å²) in [5.74, 6) is 1.24. The summed E-state index contributed by atoms with van der Waals surface area (Å²) in [4.78, 5) is 33.7. The number of amides is 1. The molecule has 2 N–H and O–H groups in total. The molecule has 1 aliphatic heterocycles. The van der Waals surface area contributed by atoms with Crippen LogP contribution in [-0.2, 0) is 4.79 Å². The fourth-order valence-corrected chi connectivity index (χ4v) is 4.35. The molecule has 38 heavy (non-hydrogen) atoms. The molecule has 1 amide bonds. The van der Waals surface area contributed by atoms with Crippen LogP contribution in [0.25, 0.3) is 11.4 Å². The monoisotopic (exact) mass is 513 g/mol. The number of aromatic nitrogens is 4. The number of hydrogen-bond donors (Lipinski definition) is 2. The van der Waals surface area contributed by atoms with Gasteiger partial charge in [-0.2, -0.15) is 4.98 Å². The Morgan fingerprint density at radius 2 is 1.89 bits per heavy atom. The molecule has 12 heteroatoms. The zero-order valence-electron chi connectivity index (χ0n) is 20.7. The van der Waals surface area contributed by atoms with Crippen molar-refractivity contribution in [3.05, 3.63) is 93.9 Å². The number of rotatable bonds is 7. The SMILES string of the molecule is COc1ccc(-c2nc3n(n2)C(c2ccccc2[N+](=O)[O-])C(C(=O)Nc2cccnc2)=C(C)N3)cc1OC. The topological polar surface area (TPSA) is 146 Å². The largest absolute Gasteiger partial charge is 0.493 e. The van der Waals surface area contributed by atoms with Crippen molar-refractivity contribution in [2.24, 2.45) is 0 Å². The molecule has 0 saturated carbocycles. The van der Waals surface area contributed by atoms with E-state index in [1.165, 1.54) is 24.1 Å². The Balaban J connectivity index is 1.65. The Hall–Kier alpha value is -5.26. The van der Waals surface area contributed by atoms with Crippen molar-refractivity contribution in [1.82, 2.24) is 19.7 Å². The van der Waals surface area contributed by atoms with Crippen LogP contribution in [0.5, 0.6) is 11.5 Å². The van der Waals surface area contributed by atoms with Crippen molar-refractivity contribution in [2.45, 2.75) is 13.0 Å². The minimum absolute atomic E-state index is 0.145. The fraction of sp³-hybridized carbons (Fsp3) is 0.154. The van der Waals surface area contributed by atoms with Gasteiger partial charge in [-0.15, -0.1) is 5.10 Å². The molecule has 2 aromatic carbocycles. The van der Waals surface area contributed by atoms with Crippen molar-refractivity contribution in [1.29, 1.82) is 0 Å². The van der Waals surface area contributed by atoms with Gasteiger partial charge < -0.3 is 20.1 Å². The lowest BCUT2D eigenvalue weighted by atomic mass is 9.93. The standard InChI is InChI=1S/C26H23N7O5/c1-15-22(25(34)29-17-7-6-12-27-14-17)23(18-8-4-5-9-19(18)33(35)36)32-26(28-15)30-24(31-32)16-10-11-20(37-2)21(13-16)38-3/h4-14,23H,1-3H3,(H,29,34)(H,28,30,31). The molecule has 1 unspecified atom stereocenters. The summed E-state index contributed by atoms with van der Waals surface area (Å²) in [5, 5.41) is 22.6. The Bertz CT molecular complexity index is 1570. The highest BCUT2D eigenvalue weighted by Gasteiger charge is 2.38. The third-order valence-corrected chi connectivity index (χ3v) is 6.09. The van der Waals surface area contributed by atoms with E-state index in [1.54, 1.807) is 68.8 Å². The van der Waals surface area contributed by atoms with Gasteiger partial charge in [-0.3, -0.25) is 19.9 Å². The lowest BCUT2D eigenvalue weighted by molar-refractivity contribution is -0.385. The van der Waals surface area contributed by atoms with Crippen molar-refractivity contribution >= 4 is 23.2 Å². The van der Waals surface area contributed by atoms with Crippen LogP contribution in [0.3, 0.4) is 0 Å². The van der Waals surface area contributed by atoms with E-state index in [-0.39, 0.29) is 11.3 Å². The fourth-order valence-electron chi connectivity index (χ4n) is 4.35. The number of hydrogen-bond acceptors (Lipinski definition) is 9. The minimum Gasteiger partial charge on any atom is -0.493 e. The van der Waals surface area contributed by atoms with Crippen molar-refractivity contribution in [2.75, 3.05) is 24.9 Å². The molecular formula is C26H23N7O5. The number of anilines is 2. The Morgan fingerprint density at radius 1 is 1.11 bits per heavy atom. The van der Waals surface area contributed by atoms with E-state index in [1.807, 2.05) is 0 Å². The van der Waals surface area contributed by atoms with Gasteiger partial charge >= 0.3 is 0 Å². The Morgan fingerprint density at radius 3 is 2.61 bits per heavy atom. The van der Waals surface area contributed by atoms with E-state index in [2.05, 4.69) is 25.7 Å². The van der Waals surface area contributed by atoms with E-state index in [0.717, 1.165) is 0 Å². The summed E-state index contributed by atoms with van der Waals surface area (Å²) >= 11 is 0. The number of allylic oxidation sites excluding steroid dienone is 1. The van der Waals surface area contributed by atoms with Gasteiger partial charge in [0.05, 0.1) is 42.2 Å². The highest BCUT2D eigenvalue weighted by Crippen LogP contribution is 2.40. The van der Waals surface area contributed by atoms with Gasteiger partial charge in [0.2, 0.25) is 5.95 Å². The number of carbonyl (C=O) groups excluding carboxylic acids is 1. The van der Waals surface area contributed by atoms with Crippen LogP contribution in [-0.4, -0.2) is 44.8 Å². The van der Waals surface area contributed by atoms with Gasteiger partial charge in [0, 0.05) is 23.5 Å². The summed E-state index contributed by atoms with van der Waals surface area (Å²) in [6.45, 7) is 1.72. The van der Waals surface area contributed by atoms with Gasteiger partial charge in [0.15, 0.2) is 17.3 Å². The Kier molecular flexibility index (Phi) is 6.44.